The molecule has 0 aliphatic carbocycles. The second-order valence-electron chi connectivity index (χ2n) is 5.76. The summed E-state index contributed by atoms with van der Waals surface area (Å²) in [5.41, 5.74) is 1.21. The van der Waals surface area contributed by atoms with E-state index in [1.54, 1.807) is 30.5 Å². The summed E-state index contributed by atoms with van der Waals surface area (Å²) in [7, 11) is 1.68. The van der Waals surface area contributed by atoms with Crippen LogP contribution in [-0.4, -0.2) is 51.5 Å². The van der Waals surface area contributed by atoms with Gasteiger partial charge >= 0.3 is 0 Å². The van der Waals surface area contributed by atoms with Crippen LogP contribution in [0.25, 0.3) is 5.82 Å². The van der Waals surface area contributed by atoms with E-state index in [1.807, 2.05) is 12.1 Å². The van der Waals surface area contributed by atoms with Gasteiger partial charge < -0.3 is 15.0 Å². The van der Waals surface area contributed by atoms with Gasteiger partial charge in [-0.1, -0.05) is 12.1 Å². The molecule has 1 saturated heterocycles. The summed E-state index contributed by atoms with van der Waals surface area (Å²) >= 11 is 0. The Bertz CT molecular complexity index is 819. The van der Waals surface area contributed by atoms with E-state index in [9.17, 15) is 0 Å². The van der Waals surface area contributed by atoms with Crippen LogP contribution in [0.2, 0.25) is 0 Å². The number of aromatic nitrogens is 5. The molecule has 1 aliphatic rings. The average molecular weight is 337 g/mol. The van der Waals surface area contributed by atoms with Gasteiger partial charge in [-0.25, -0.2) is 14.6 Å². The van der Waals surface area contributed by atoms with Crippen molar-refractivity contribution in [3.63, 3.8) is 0 Å². The number of ether oxygens (including phenoxy) is 1. The molecule has 4 rings (SSSR count). The fraction of sp³-hybridized carbons (Fsp3) is 0.294. The maximum atomic E-state index is 5.26. The zero-order chi connectivity index (χ0) is 17.1. The lowest BCUT2D eigenvalue weighted by Crippen LogP contribution is -2.46. The molecule has 2 aromatic heterocycles. The molecule has 1 fully saturated rings. The van der Waals surface area contributed by atoms with Gasteiger partial charge in [0.05, 0.1) is 25.5 Å². The molecule has 1 aromatic carbocycles. The second kappa shape index (κ2) is 6.86. The zero-order valence-corrected chi connectivity index (χ0v) is 13.9. The number of rotatable bonds is 4. The van der Waals surface area contributed by atoms with Gasteiger partial charge in [-0.15, -0.1) is 0 Å². The summed E-state index contributed by atoms with van der Waals surface area (Å²) in [4.78, 5) is 15.3. The number of hydrogen-bond donors (Lipinski definition) is 1. The number of nitrogens with one attached hydrogen (secondary N) is 1. The summed E-state index contributed by atoms with van der Waals surface area (Å²) in [6.07, 6.45) is 6.58. The van der Waals surface area contributed by atoms with Gasteiger partial charge in [0.15, 0.2) is 5.82 Å². The van der Waals surface area contributed by atoms with Crippen LogP contribution in [0.5, 0.6) is 5.75 Å². The highest BCUT2D eigenvalue weighted by atomic mass is 16.5. The van der Waals surface area contributed by atoms with Crippen LogP contribution in [0.4, 0.5) is 5.82 Å². The molecule has 1 atom stereocenters. The molecule has 8 nitrogen and oxygen atoms in total. The minimum atomic E-state index is 0.181. The molecule has 1 unspecified atom stereocenters. The number of nitrogens with zero attached hydrogens (tertiary/aromatic N) is 6. The molecule has 3 aromatic rings. The highest BCUT2D eigenvalue weighted by Gasteiger charge is 2.25. The molecular weight excluding hydrogens is 318 g/mol. The van der Waals surface area contributed by atoms with Crippen molar-refractivity contribution in [2.75, 3.05) is 31.6 Å². The number of methoxy groups -OCH3 is 1. The van der Waals surface area contributed by atoms with Crippen molar-refractivity contribution in [3.8, 4) is 11.6 Å². The first-order valence-corrected chi connectivity index (χ1v) is 8.13. The van der Waals surface area contributed by atoms with Gasteiger partial charge in [-0.05, 0) is 17.7 Å². The Balaban J connectivity index is 1.65. The van der Waals surface area contributed by atoms with E-state index in [-0.39, 0.29) is 6.04 Å². The highest BCUT2D eigenvalue weighted by Crippen LogP contribution is 2.28. The third-order valence-electron chi connectivity index (χ3n) is 4.30. The first-order chi connectivity index (χ1) is 12.3. The smallest absolute Gasteiger partial charge is 0.175 e. The molecule has 0 saturated carbocycles. The second-order valence-corrected chi connectivity index (χ2v) is 5.76. The van der Waals surface area contributed by atoms with Crippen molar-refractivity contribution in [2.24, 2.45) is 0 Å². The molecule has 0 bridgehead atoms. The molecule has 0 radical (unpaired) electrons. The fourth-order valence-electron chi connectivity index (χ4n) is 3.02. The number of benzene rings is 1. The summed E-state index contributed by atoms with van der Waals surface area (Å²) < 4.78 is 6.87. The number of piperazine rings is 1. The molecular formula is C17H19N7O. The maximum Gasteiger partial charge on any atom is 0.175 e. The van der Waals surface area contributed by atoms with Gasteiger partial charge in [0, 0.05) is 19.6 Å². The first kappa shape index (κ1) is 15.5. The lowest BCUT2D eigenvalue weighted by atomic mass is 10.0. The maximum absolute atomic E-state index is 5.26. The molecule has 3 heterocycles. The van der Waals surface area contributed by atoms with Gasteiger partial charge in [0.2, 0.25) is 0 Å². The SMILES string of the molecule is COc1ccc(C2CNCCN2c2cncc(-n3cncn3)n2)cc1. The third-order valence-corrected chi connectivity index (χ3v) is 4.30. The van der Waals surface area contributed by atoms with E-state index >= 15 is 0 Å². The van der Waals surface area contributed by atoms with Crippen LogP contribution < -0.4 is 15.0 Å². The van der Waals surface area contributed by atoms with Crippen molar-refractivity contribution in [3.05, 3.63) is 54.9 Å². The zero-order valence-electron chi connectivity index (χ0n) is 13.9. The van der Waals surface area contributed by atoms with Crippen molar-refractivity contribution in [1.29, 1.82) is 0 Å². The van der Waals surface area contributed by atoms with E-state index in [0.717, 1.165) is 31.2 Å². The molecule has 0 amide bonds. The van der Waals surface area contributed by atoms with Crippen LogP contribution in [-0.2, 0) is 0 Å². The van der Waals surface area contributed by atoms with E-state index in [4.69, 9.17) is 9.72 Å². The van der Waals surface area contributed by atoms with E-state index in [0.29, 0.717) is 5.82 Å². The quantitative estimate of drug-likeness (QED) is 0.766. The van der Waals surface area contributed by atoms with Crippen LogP contribution in [0.3, 0.4) is 0 Å². The highest BCUT2D eigenvalue weighted by molar-refractivity contribution is 5.44. The van der Waals surface area contributed by atoms with Crippen LogP contribution in [0.1, 0.15) is 11.6 Å². The Morgan fingerprint density at radius 3 is 2.72 bits per heavy atom. The minimum Gasteiger partial charge on any atom is -0.497 e. The Kier molecular flexibility index (Phi) is 4.26. The topological polar surface area (TPSA) is 81.0 Å². The lowest BCUT2D eigenvalue weighted by molar-refractivity contribution is 0.414. The van der Waals surface area contributed by atoms with Gasteiger partial charge in [0.25, 0.3) is 0 Å². The molecule has 128 valence electrons. The van der Waals surface area contributed by atoms with Crippen molar-refractivity contribution < 1.29 is 4.74 Å². The Morgan fingerprint density at radius 2 is 1.96 bits per heavy atom. The van der Waals surface area contributed by atoms with Crippen LogP contribution in [0, 0.1) is 0 Å². The summed E-state index contributed by atoms with van der Waals surface area (Å²) in [5.74, 6) is 2.34. The third kappa shape index (κ3) is 3.16. The van der Waals surface area contributed by atoms with E-state index in [1.165, 1.54) is 11.9 Å². The predicted octanol–water partition coefficient (Wildman–Crippen LogP) is 1.22. The molecule has 0 spiro atoms. The molecule has 1 aliphatic heterocycles. The van der Waals surface area contributed by atoms with Crippen molar-refractivity contribution in [1.82, 2.24) is 30.0 Å². The largest absolute Gasteiger partial charge is 0.497 e. The standard InChI is InChI=1S/C17H19N7O/c1-25-14-4-2-13(3-5-14)15-8-18-6-7-23(15)16-9-19-10-17(22-16)24-12-20-11-21-24/h2-5,9-12,15,18H,6-8H2,1H3. The normalized spacial score (nSPS) is 17.5. The van der Waals surface area contributed by atoms with Crippen LogP contribution >= 0.6 is 0 Å². The predicted molar refractivity (Wildman–Crippen MR) is 92.9 cm³/mol. The first-order valence-electron chi connectivity index (χ1n) is 8.13. The molecule has 8 heteroatoms. The van der Waals surface area contributed by atoms with E-state index in [2.05, 4.69) is 37.4 Å². The Morgan fingerprint density at radius 1 is 1.12 bits per heavy atom. The average Bonchev–Trinajstić information content (AvgIpc) is 3.23. The van der Waals surface area contributed by atoms with E-state index < -0.39 is 0 Å². The van der Waals surface area contributed by atoms with Crippen LogP contribution in [0.15, 0.2) is 49.3 Å². The minimum absolute atomic E-state index is 0.181. The lowest BCUT2D eigenvalue weighted by Gasteiger charge is -2.37. The molecule has 25 heavy (non-hydrogen) atoms. The fourth-order valence-corrected chi connectivity index (χ4v) is 3.02. The summed E-state index contributed by atoms with van der Waals surface area (Å²) in [5, 5.41) is 7.58. The van der Waals surface area contributed by atoms with Gasteiger partial charge in [0.1, 0.15) is 24.2 Å². The monoisotopic (exact) mass is 337 g/mol. The molecule has 1 N–H and O–H groups in total. The number of anilines is 1. The summed E-state index contributed by atoms with van der Waals surface area (Å²) in [6.45, 7) is 2.61. The van der Waals surface area contributed by atoms with Crippen molar-refractivity contribution in [2.45, 2.75) is 6.04 Å². The Hall–Kier alpha value is -3.00. The van der Waals surface area contributed by atoms with Crippen molar-refractivity contribution >= 4 is 5.82 Å². The number of hydrogen-bond acceptors (Lipinski definition) is 7. The Labute approximate surface area is 145 Å². The summed E-state index contributed by atoms with van der Waals surface area (Å²) in [6, 6.07) is 8.34. The van der Waals surface area contributed by atoms with Gasteiger partial charge in [-0.2, -0.15) is 5.10 Å². The van der Waals surface area contributed by atoms with Gasteiger partial charge in [-0.3, -0.25) is 4.98 Å².